The van der Waals surface area contributed by atoms with Crippen molar-refractivity contribution in [2.75, 3.05) is 12.4 Å². The number of fused-ring (bicyclic) bond motifs is 1. The monoisotopic (exact) mass is 497 g/mol. The number of thioether (sulfide) groups is 1. The fourth-order valence-electron chi connectivity index (χ4n) is 3.62. The molecule has 34 heavy (non-hydrogen) atoms. The number of aromatic nitrogens is 2. The highest BCUT2D eigenvalue weighted by molar-refractivity contribution is 8.00. The number of anilines is 1. The average Bonchev–Trinajstić information content (AvgIpc) is 2.80. The van der Waals surface area contributed by atoms with E-state index in [4.69, 9.17) is 31.0 Å². The molecule has 0 bridgehead atoms. The van der Waals surface area contributed by atoms with Gasteiger partial charge in [-0.25, -0.2) is 9.97 Å². The molecule has 0 unspecified atom stereocenters. The van der Waals surface area contributed by atoms with Gasteiger partial charge in [0, 0.05) is 28.3 Å². The van der Waals surface area contributed by atoms with Crippen LogP contribution in [0.25, 0.3) is 11.4 Å². The molecular formula is C26H28ClN3O3S. The fourth-order valence-corrected chi connectivity index (χ4v) is 4.76. The largest absolute Gasteiger partial charge is 0.497 e. The minimum absolute atomic E-state index is 0.125. The third-order valence-electron chi connectivity index (χ3n) is 5.70. The summed E-state index contributed by atoms with van der Waals surface area (Å²) in [6.45, 7) is 8.32. The van der Waals surface area contributed by atoms with Gasteiger partial charge in [0.2, 0.25) is 5.91 Å². The molecule has 0 radical (unpaired) electrons. The van der Waals surface area contributed by atoms with Gasteiger partial charge in [-0.1, -0.05) is 29.4 Å². The number of nitrogens with one attached hydrogen (secondary N) is 1. The molecule has 2 aromatic carbocycles. The summed E-state index contributed by atoms with van der Waals surface area (Å²) in [5.74, 6) is 1.27. The van der Waals surface area contributed by atoms with Crippen molar-refractivity contribution < 1.29 is 14.3 Å². The Labute approximate surface area is 209 Å². The minimum atomic E-state index is -0.391. The number of hydrogen-bond donors (Lipinski definition) is 1. The van der Waals surface area contributed by atoms with E-state index < -0.39 is 5.25 Å². The number of ether oxygens (including phenoxy) is 2. The third kappa shape index (κ3) is 5.54. The molecule has 0 saturated carbocycles. The summed E-state index contributed by atoms with van der Waals surface area (Å²) in [6, 6.07) is 13.2. The Hall–Kier alpha value is -2.61. The molecule has 0 fully saturated rings. The van der Waals surface area contributed by atoms with E-state index in [1.807, 2.05) is 50.2 Å². The van der Waals surface area contributed by atoms with E-state index in [9.17, 15) is 4.79 Å². The van der Waals surface area contributed by atoms with Crippen molar-refractivity contribution in [3.8, 4) is 17.1 Å². The maximum absolute atomic E-state index is 12.9. The summed E-state index contributed by atoms with van der Waals surface area (Å²) >= 11 is 7.62. The summed E-state index contributed by atoms with van der Waals surface area (Å²) in [5.41, 5.74) is 4.11. The molecule has 1 aliphatic rings. The third-order valence-corrected chi connectivity index (χ3v) is 7.24. The van der Waals surface area contributed by atoms with E-state index in [2.05, 4.69) is 19.2 Å². The zero-order valence-corrected chi connectivity index (χ0v) is 21.5. The quantitative estimate of drug-likeness (QED) is 0.328. The summed E-state index contributed by atoms with van der Waals surface area (Å²) in [4.78, 5) is 22.7. The van der Waals surface area contributed by atoms with Crippen molar-refractivity contribution in [2.24, 2.45) is 0 Å². The van der Waals surface area contributed by atoms with E-state index in [1.54, 1.807) is 13.2 Å². The van der Waals surface area contributed by atoms with Crippen molar-refractivity contribution in [3.63, 3.8) is 0 Å². The van der Waals surface area contributed by atoms with Crippen molar-refractivity contribution in [1.82, 2.24) is 9.97 Å². The lowest BCUT2D eigenvalue weighted by Gasteiger charge is -2.32. The van der Waals surface area contributed by atoms with Crippen LogP contribution in [0.5, 0.6) is 5.75 Å². The molecule has 0 spiro atoms. The summed E-state index contributed by atoms with van der Waals surface area (Å²) < 4.78 is 11.3. The molecular weight excluding hydrogens is 470 g/mol. The van der Waals surface area contributed by atoms with Crippen LogP contribution in [0.4, 0.5) is 5.69 Å². The van der Waals surface area contributed by atoms with Crippen LogP contribution in [-0.2, 0) is 22.6 Å². The molecule has 1 atom stereocenters. The highest BCUT2D eigenvalue weighted by atomic mass is 35.5. The van der Waals surface area contributed by atoms with Crippen molar-refractivity contribution >= 4 is 35.0 Å². The van der Waals surface area contributed by atoms with E-state index in [-0.39, 0.29) is 11.5 Å². The smallest absolute Gasteiger partial charge is 0.237 e. The van der Waals surface area contributed by atoms with Crippen LogP contribution in [0.15, 0.2) is 47.5 Å². The first-order chi connectivity index (χ1) is 16.1. The van der Waals surface area contributed by atoms with E-state index in [0.29, 0.717) is 29.6 Å². The van der Waals surface area contributed by atoms with Crippen LogP contribution in [0.1, 0.15) is 37.6 Å². The number of aryl methyl sites for hydroxylation is 1. The number of benzene rings is 2. The Bertz CT molecular complexity index is 1210. The fraction of sp³-hybridized carbons (Fsp3) is 0.346. The Morgan fingerprint density at radius 1 is 1.21 bits per heavy atom. The summed E-state index contributed by atoms with van der Waals surface area (Å²) in [5, 5.41) is 3.94. The molecule has 1 aromatic heterocycles. The number of carbonyl (C=O) groups is 1. The van der Waals surface area contributed by atoms with Crippen LogP contribution in [0, 0.1) is 6.92 Å². The van der Waals surface area contributed by atoms with Gasteiger partial charge >= 0.3 is 0 Å². The SMILES string of the molecule is COc1ccc(-c2nc3c(c(S[C@@H](C)C(=O)Nc4ccc(C)c(Cl)c4)n2)COC(C)(C)C3)cc1. The molecule has 0 aliphatic carbocycles. The maximum Gasteiger partial charge on any atom is 0.237 e. The van der Waals surface area contributed by atoms with Crippen molar-refractivity contribution in [1.29, 1.82) is 0 Å². The second kappa shape index (κ2) is 9.94. The lowest BCUT2D eigenvalue weighted by atomic mass is 9.96. The Morgan fingerprint density at radius 2 is 1.94 bits per heavy atom. The molecule has 2 heterocycles. The van der Waals surface area contributed by atoms with E-state index in [1.165, 1.54) is 11.8 Å². The topological polar surface area (TPSA) is 73.3 Å². The van der Waals surface area contributed by atoms with Crippen molar-refractivity contribution in [2.45, 2.75) is 56.6 Å². The number of halogens is 1. The lowest BCUT2D eigenvalue weighted by molar-refractivity contribution is -0.115. The molecule has 8 heteroatoms. The van der Waals surface area contributed by atoms with Crippen molar-refractivity contribution in [3.05, 3.63) is 64.3 Å². The van der Waals surface area contributed by atoms with Crippen LogP contribution in [0.3, 0.4) is 0 Å². The Balaban J connectivity index is 1.62. The first-order valence-electron chi connectivity index (χ1n) is 11.1. The van der Waals surface area contributed by atoms with Gasteiger partial charge in [-0.05, 0) is 69.7 Å². The predicted octanol–water partition coefficient (Wildman–Crippen LogP) is 6.08. The van der Waals surface area contributed by atoms with Crippen LogP contribution in [0.2, 0.25) is 5.02 Å². The number of nitrogens with zero attached hydrogens (tertiary/aromatic N) is 2. The van der Waals surface area contributed by atoms with Crippen LogP contribution in [-0.4, -0.2) is 33.8 Å². The number of rotatable bonds is 6. The van der Waals surface area contributed by atoms with Gasteiger partial charge in [0.25, 0.3) is 0 Å². The second-order valence-electron chi connectivity index (χ2n) is 8.94. The van der Waals surface area contributed by atoms with E-state index >= 15 is 0 Å². The highest BCUT2D eigenvalue weighted by Gasteiger charge is 2.31. The average molecular weight is 498 g/mol. The molecule has 1 N–H and O–H groups in total. The molecule has 1 aliphatic heterocycles. The van der Waals surface area contributed by atoms with Crippen LogP contribution < -0.4 is 10.1 Å². The van der Waals surface area contributed by atoms with Gasteiger partial charge in [-0.2, -0.15) is 0 Å². The number of carbonyl (C=O) groups excluding carboxylic acids is 1. The van der Waals surface area contributed by atoms with Gasteiger partial charge in [-0.15, -0.1) is 0 Å². The van der Waals surface area contributed by atoms with Gasteiger partial charge in [0.15, 0.2) is 5.82 Å². The number of methoxy groups -OCH3 is 1. The summed E-state index contributed by atoms with van der Waals surface area (Å²) in [7, 11) is 1.64. The molecule has 1 amide bonds. The zero-order valence-electron chi connectivity index (χ0n) is 19.9. The number of amides is 1. The molecule has 6 nitrogen and oxygen atoms in total. The summed E-state index contributed by atoms with van der Waals surface area (Å²) in [6.07, 6.45) is 0.671. The standard InChI is InChI=1S/C26H28ClN3O3S/c1-15-6-9-18(12-21(15)27)28-24(31)16(2)34-25-20-14-33-26(3,4)13-22(20)29-23(30-25)17-7-10-19(32-5)11-8-17/h6-12,16H,13-14H2,1-5H3,(H,28,31)/t16-/m0/s1. The van der Waals surface area contributed by atoms with Gasteiger partial charge < -0.3 is 14.8 Å². The predicted molar refractivity (Wildman–Crippen MR) is 137 cm³/mol. The zero-order chi connectivity index (χ0) is 24.5. The Morgan fingerprint density at radius 3 is 2.62 bits per heavy atom. The Kier molecular flexibility index (Phi) is 7.17. The molecule has 0 saturated heterocycles. The molecule has 3 aromatic rings. The number of hydrogen-bond acceptors (Lipinski definition) is 6. The second-order valence-corrected chi connectivity index (χ2v) is 10.7. The van der Waals surface area contributed by atoms with Gasteiger partial charge in [-0.3, -0.25) is 4.79 Å². The van der Waals surface area contributed by atoms with E-state index in [0.717, 1.165) is 33.2 Å². The van der Waals surface area contributed by atoms with Gasteiger partial charge in [0.1, 0.15) is 10.8 Å². The lowest BCUT2D eigenvalue weighted by Crippen LogP contribution is -2.33. The van der Waals surface area contributed by atoms with Crippen LogP contribution >= 0.6 is 23.4 Å². The minimum Gasteiger partial charge on any atom is -0.497 e. The first-order valence-corrected chi connectivity index (χ1v) is 12.3. The normalized spacial score (nSPS) is 15.4. The maximum atomic E-state index is 12.9. The molecule has 178 valence electrons. The first kappa shape index (κ1) is 24.5. The molecule has 4 rings (SSSR count). The van der Waals surface area contributed by atoms with Gasteiger partial charge in [0.05, 0.1) is 30.3 Å². The highest BCUT2D eigenvalue weighted by Crippen LogP contribution is 2.36.